The van der Waals surface area contributed by atoms with E-state index < -0.39 is 14.6 Å². The van der Waals surface area contributed by atoms with Crippen LogP contribution in [-0.2, 0) is 9.84 Å². The van der Waals surface area contributed by atoms with E-state index in [1.165, 1.54) is 0 Å². The van der Waals surface area contributed by atoms with Gasteiger partial charge in [-0.2, -0.15) is 0 Å². The quantitative estimate of drug-likeness (QED) is 0.657. The largest absolute Gasteiger partial charge is 0.353 e. The van der Waals surface area contributed by atoms with Crippen LogP contribution < -0.4 is 4.90 Å². The summed E-state index contributed by atoms with van der Waals surface area (Å²) in [7, 11) is -3.12. The smallest absolute Gasteiger partial charge is 0.172 e. The standard InChI is InChI=1S/C20H23N3O2S2/c1-3-20(4-2)14-23(11-13-27(20,24)25)19-15-8-5-6-9-16(15)21-18(22-19)17-10-7-12-26-17/h5-10,12H,3-4,11,13-14H2,1-2H3. The molecule has 142 valence electrons. The summed E-state index contributed by atoms with van der Waals surface area (Å²) in [4.78, 5) is 12.8. The van der Waals surface area contributed by atoms with E-state index in [1.807, 2.05) is 55.6 Å². The number of benzene rings is 1. The Hall–Kier alpha value is -1.99. The van der Waals surface area contributed by atoms with Gasteiger partial charge in [-0.05, 0) is 36.4 Å². The fraction of sp³-hybridized carbons (Fsp3) is 0.400. The highest BCUT2D eigenvalue weighted by Crippen LogP contribution is 2.36. The number of nitrogens with zero attached hydrogens (tertiary/aromatic N) is 3. The fourth-order valence-electron chi connectivity index (χ4n) is 3.88. The molecule has 5 nitrogen and oxygen atoms in total. The second-order valence-corrected chi connectivity index (χ2v) is 10.4. The zero-order valence-electron chi connectivity index (χ0n) is 15.6. The molecule has 1 aliphatic heterocycles. The number of rotatable bonds is 4. The van der Waals surface area contributed by atoms with Crippen LogP contribution in [0.1, 0.15) is 26.7 Å². The van der Waals surface area contributed by atoms with Gasteiger partial charge < -0.3 is 4.90 Å². The summed E-state index contributed by atoms with van der Waals surface area (Å²) in [6, 6.07) is 12.0. The molecule has 0 spiro atoms. The number of thiophene rings is 1. The first-order valence-electron chi connectivity index (χ1n) is 9.27. The number of anilines is 1. The van der Waals surface area contributed by atoms with Crippen molar-refractivity contribution >= 4 is 37.9 Å². The molecule has 0 bridgehead atoms. The molecule has 2 aromatic heterocycles. The molecule has 1 fully saturated rings. The lowest BCUT2D eigenvalue weighted by atomic mass is 10.0. The Morgan fingerprint density at radius 2 is 1.89 bits per heavy atom. The molecular weight excluding hydrogens is 378 g/mol. The highest BCUT2D eigenvalue weighted by molar-refractivity contribution is 7.92. The van der Waals surface area contributed by atoms with E-state index in [4.69, 9.17) is 9.97 Å². The first kappa shape index (κ1) is 18.4. The Morgan fingerprint density at radius 3 is 2.59 bits per heavy atom. The lowest BCUT2D eigenvalue weighted by Crippen LogP contribution is -2.56. The van der Waals surface area contributed by atoms with Crippen LogP contribution in [0.5, 0.6) is 0 Å². The van der Waals surface area contributed by atoms with E-state index in [2.05, 4.69) is 4.90 Å². The van der Waals surface area contributed by atoms with Crippen LogP contribution in [0.25, 0.3) is 21.6 Å². The maximum atomic E-state index is 12.8. The number of sulfone groups is 1. The number of hydrogen-bond acceptors (Lipinski definition) is 6. The van der Waals surface area contributed by atoms with E-state index in [9.17, 15) is 8.42 Å². The molecule has 0 radical (unpaired) electrons. The van der Waals surface area contributed by atoms with Crippen molar-refractivity contribution in [2.45, 2.75) is 31.4 Å². The van der Waals surface area contributed by atoms with Gasteiger partial charge >= 0.3 is 0 Å². The second-order valence-electron chi connectivity index (χ2n) is 7.00. The molecule has 27 heavy (non-hydrogen) atoms. The zero-order valence-corrected chi connectivity index (χ0v) is 17.2. The first-order chi connectivity index (χ1) is 13.0. The monoisotopic (exact) mass is 401 g/mol. The Balaban J connectivity index is 1.86. The molecule has 0 atom stereocenters. The van der Waals surface area contributed by atoms with E-state index in [1.54, 1.807) is 11.3 Å². The van der Waals surface area contributed by atoms with Gasteiger partial charge in [0.2, 0.25) is 0 Å². The van der Waals surface area contributed by atoms with Crippen molar-refractivity contribution in [2.24, 2.45) is 0 Å². The summed E-state index contributed by atoms with van der Waals surface area (Å²) in [5, 5.41) is 2.98. The van der Waals surface area contributed by atoms with Crippen LogP contribution in [0.15, 0.2) is 41.8 Å². The predicted molar refractivity (Wildman–Crippen MR) is 112 cm³/mol. The molecule has 0 aliphatic carbocycles. The summed E-state index contributed by atoms with van der Waals surface area (Å²) < 4.78 is 24.9. The molecule has 0 saturated carbocycles. The molecule has 0 amide bonds. The van der Waals surface area contributed by atoms with E-state index >= 15 is 0 Å². The van der Waals surface area contributed by atoms with Crippen molar-refractivity contribution in [3.05, 3.63) is 41.8 Å². The lowest BCUT2D eigenvalue weighted by molar-refractivity contribution is 0.458. The van der Waals surface area contributed by atoms with Crippen LogP contribution in [0.2, 0.25) is 0 Å². The normalized spacial score (nSPS) is 18.7. The van der Waals surface area contributed by atoms with Crippen molar-refractivity contribution in [2.75, 3.05) is 23.7 Å². The molecule has 4 rings (SSSR count). The van der Waals surface area contributed by atoms with Crippen LogP contribution in [0.4, 0.5) is 5.82 Å². The van der Waals surface area contributed by atoms with Gasteiger partial charge in [0, 0.05) is 18.5 Å². The van der Waals surface area contributed by atoms with Crippen LogP contribution in [0, 0.1) is 0 Å². The van der Waals surface area contributed by atoms with Gasteiger partial charge in [-0.1, -0.05) is 32.0 Å². The van der Waals surface area contributed by atoms with Gasteiger partial charge in [-0.25, -0.2) is 18.4 Å². The minimum Gasteiger partial charge on any atom is -0.353 e. The summed E-state index contributed by atoms with van der Waals surface area (Å²) in [6.45, 7) is 4.89. The molecule has 0 N–H and O–H groups in total. The molecule has 3 aromatic rings. The van der Waals surface area contributed by atoms with Crippen molar-refractivity contribution < 1.29 is 8.42 Å². The maximum absolute atomic E-state index is 12.8. The number of aromatic nitrogens is 2. The topological polar surface area (TPSA) is 63.2 Å². The molecule has 7 heteroatoms. The molecule has 0 unspecified atom stereocenters. The predicted octanol–water partition coefficient (Wildman–Crippen LogP) is 4.15. The third-order valence-corrected chi connectivity index (χ3v) is 9.29. The average Bonchev–Trinajstić information content (AvgIpc) is 3.22. The Kier molecular flexibility index (Phi) is 4.68. The molecule has 1 aliphatic rings. The van der Waals surface area contributed by atoms with Crippen LogP contribution >= 0.6 is 11.3 Å². The highest BCUT2D eigenvalue weighted by atomic mass is 32.2. The molecule has 1 aromatic carbocycles. The highest BCUT2D eigenvalue weighted by Gasteiger charge is 2.45. The Labute approximate surface area is 164 Å². The van der Waals surface area contributed by atoms with Gasteiger partial charge in [0.1, 0.15) is 5.82 Å². The van der Waals surface area contributed by atoms with Crippen molar-refractivity contribution in [3.8, 4) is 10.7 Å². The second kappa shape index (κ2) is 6.87. The third-order valence-electron chi connectivity index (χ3n) is 5.68. The molecule has 3 heterocycles. The SMILES string of the molecule is CCC1(CC)CN(c2nc(-c3cccs3)nc3ccccc23)CCS1(=O)=O. The van der Waals surface area contributed by atoms with E-state index in [-0.39, 0.29) is 5.75 Å². The summed E-state index contributed by atoms with van der Waals surface area (Å²) in [5.41, 5.74) is 0.887. The number of hydrogen-bond donors (Lipinski definition) is 0. The number of fused-ring (bicyclic) bond motifs is 1. The Morgan fingerprint density at radius 1 is 1.11 bits per heavy atom. The summed E-state index contributed by atoms with van der Waals surface area (Å²) >= 11 is 1.61. The van der Waals surface area contributed by atoms with Gasteiger partial charge in [-0.15, -0.1) is 11.3 Å². The Bertz CT molecular complexity index is 1060. The van der Waals surface area contributed by atoms with Crippen molar-refractivity contribution in [3.63, 3.8) is 0 Å². The van der Waals surface area contributed by atoms with E-state index in [0.29, 0.717) is 31.8 Å². The van der Waals surface area contributed by atoms with Crippen molar-refractivity contribution in [1.82, 2.24) is 9.97 Å². The van der Waals surface area contributed by atoms with Gasteiger partial charge in [0.05, 0.1) is 20.9 Å². The maximum Gasteiger partial charge on any atom is 0.172 e. The minimum absolute atomic E-state index is 0.168. The summed E-state index contributed by atoms with van der Waals surface area (Å²) in [5.74, 6) is 1.71. The molecule has 1 saturated heterocycles. The van der Waals surface area contributed by atoms with Gasteiger partial charge in [0.15, 0.2) is 15.7 Å². The zero-order chi connectivity index (χ0) is 19.1. The summed E-state index contributed by atoms with van der Waals surface area (Å²) in [6.07, 6.45) is 1.23. The fourth-order valence-corrected chi connectivity index (χ4v) is 6.67. The number of para-hydroxylation sites is 1. The van der Waals surface area contributed by atoms with Crippen LogP contribution in [0.3, 0.4) is 0 Å². The lowest BCUT2D eigenvalue weighted by Gasteiger charge is -2.42. The van der Waals surface area contributed by atoms with Gasteiger partial charge in [-0.3, -0.25) is 0 Å². The minimum atomic E-state index is -3.12. The average molecular weight is 402 g/mol. The van der Waals surface area contributed by atoms with Gasteiger partial charge in [0.25, 0.3) is 0 Å². The van der Waals surface area contributed by atoms with Crippen LogP contribution in [-0.4, -0.2) is 42.0 Å². The van der Waals surface area contributed by atoms with E-state index in [0.717, 1.165) is 21.6 Å². The third kappa shape index (κ3) is 3.02. The molecular formula is C20H23N3O2S2. The van der Waals surface area contributed by atoms with Crippen molar-refractivity contribution in [1.29, 1.82) is 0 Å². The first-order valence-corrected chi connectivity index (χ1v) is 11.8.